The predicted molar refractivity (Wildman–Crippen MR) is 80.6 cm³/mol. The van der Waals surface area contributed by atoms with Crippen LogP contribution in [0.2, 0.25) is 0 Å². The molecule has 2 atom stereocenters. The lowest BCUT2D eigenvalue weighted by atomic mass is 9.89. The van der Waals surface area contributed by atoms with Crippen LogP contribution in [0.25, 0.3) is 0 Å². The molecule has 2 heterocycles. The summed E-state index contributed by atoms with van der Waals surface area (Å²) in [5.41, 5.74) is 0.0701. The van der Waals surface area contributed by atoms with Crippen LogP contribution in [0, 0.1) is 0 Å². The largest absolute Gasteiger partial charge is 0.466 e. The summed E-state index contributed by atoms with van der Waals surface area (Å²) >= 11 is 2.02. The maximum Gasteiger partial charge on any atom is 0.307 e. The molecule has 2 unspecified atom stereocenters. The quantitative estimate of drug-likeness (QED) is 0.742. The molecule has 2 fully saturated rings. The summed E-state index contributed by atoms with van der Waals surface area (Å²) in [6.07, 6.45) is 6.96. The van der Waals surface area contributed by atoms with E-state index in [-0.39, 0.29) is 11.5 Å². The van der Waals surface area contributed by atoms with Crippen LogP contribution >= 0.6 is 11.8 Å². The van der Waals surface area contributed by atoms with Gasteiger partial charge in [0.25, 0.3) is 0 Å². The minimum absolute atomic E-state index is 0.0125. The molecule has 0 aliphatic carbocycles. The van der Waals surface area contributed by atoms with Crippen molar-refractivity contribution in [1.82, 2.24) is 4.90 Å². The van der Waals surface area contributed by atoms with E-state index < -0.39 is 0 Å². The van der Waals surface area contributed by atoms with Crippen molar-refractivity contribution in [3.8, 4) is 0 Å². The second-order valence-electron chi connectivity index (χ2n) is 5.93. The number of esters is 1. The van der Waals surface area contributed by atoms with Crippen LogP contribution in [0.1, 0.15) is 52.4 Å². The normalized spacial score (nSPS) is 33.1. The van der Waals surface area contributed by atoms with E-state index in [0.29, 0.717) is 18.3 Å². The molecule has 2 rings (SSSR count). The number of rotatable bonds is 4. The van der Waals surface area contributed by atoms with E-state index in [0.717, 1.165) is 25.3 Å². The van der Waals surface area contributed by atoms with Crippen LogP contribution in [0.4, 0.5) is 0 Å². The van der Waals surface area contributed by atoms with E-state index in [1.165, 1.54) is 25.7 Å². The highest BCUT2D eigenvalue weighted by atomic mass is 32.2. The summed E-state index contributed by atoms with van der Waals surface area (Å²) in [4.78, 5) is 14.6. The molecule has 2 aliphatic heterocycles. The number of ether oxygens (including phenoxy) is 1. The van der Waals surface area contributed by atoms with Gasteiger partial charge in [-0.1, -0.05) is 19.8 Å². The molecule has 0 aromatic heterocycles. The molecule has 0 spiro atoms. The van der Waals surface area contributed by atoms with Gasteiger partial charge in [0.2, 0.25) is 0 Å². The van der Waals surface area contributed by atoms with Crippen molar-refractivity contribution in [2.24, 2.45) is 0 Å². The molecule has 2 saturated heterocycles. The van der Waals surface area contributed by atoms with Crippen LogP contribution in [0.5, 0.6) is 0 Å². The Labute approximate surface area is 121 Å². The maximum atomic E-state index is 12.0. The molecule has 2 aliphatic rings. The molecular weight excluding hydrogens is 258 g/mol. The number of nitrogens with zero attached hydrogens (tertiary/aromatic N) is 1. The van der Waals surface area contributed by atoms with Gasteiger partial charge in [0, 0.05) is 16.5 Å². The van der Waals surface area contributed by atoms with Gasteiger partial charge < -0.3 is 4.74 Å². The fraction of sp³-hybridized carbons (Fsp3) is 0.933. The number of likely N-dealkylation sites (tertiary alicyclic amines) is 1. The third kappa shape index (κ3) is 3.88. The van der Waals surface area contributed by atoms with Gasteiger partial charge in [0.15, 0.2) is 0 Å². The fourth-order valence-electron chi connectivity index (χ4n) is 3.43. The third-order valence-electron chi connectivity index (χ3n) is 4.36. The van der Waals surface area contributed by atoms with Gasteiger partial charge >= 0.3 is 5.97 Å². The second kappa shape index (κ2) is 6.98. The Balaban J connectivity index is 2.07. The van der Waals surface area contributed by atoms with Crippen molar-refractivity contribution in [1.29, 1.82) is 0 Å². The third-order valence-corrected chi connectivity index (χ3v) is 5.80. The Morgan fingerprint density at radius 2 is 2.00 bits per heavy atom. The predicted octanol–water partition coefficient (Wildman–Crippen LogP) is 3.08. The fourth-order valence-corrected chi connectivity index (χ4v) is 4.86. The summed E-state index contributed by atoms with van der Waals surface area (Å²) in [5, 5.41) is 0.665. The Hall–Kier alpha value is -0.220. The summed E-state index contributed by atoms with van der Waals surface area (Å²) in [6, 6.07) is 0. The van der Waals surface area contributed by atoms with E-state index in [2.05, 4.69) is 11.8 Å². The molecule has 3 nitrogen and oxygen atoms in total. The Kier molecular flexibility index (Phi) is 5.58. The average Bonchev–Trinajstić information content (AvgIpc) is 2.61. The number of hydrogen-bond donors (Lipinski definition) is 0. The van der Waals surface area contributed by atoms with Crippen molar-refractivity contribution in [3.63, 3.8) is 0 Å². The standard InChI is InChI=1S/C15H27NO2S/c1-3-18-14(17)11-15(10-13(2)19-12-15)16-8-6-4-5-7-9-16/h13H,3-12H2,1-2H3. The first-order valence-electron chi connectivity index (χ1n) is 7.68. The smallest absolute Gasteiger partial charge is 0.307 e. The summed E-state index contributed by atoms with van der Waals surface area (Å²) in [7, 11) is 0. The molecule has 0 amide bonds. The van der Waals surface area contributed by atoms with Crippen molar-refractivity contribution < 1.29 is 9.53 Å². The van der Waals surface area contributed by atoms with Crippen LogP contribution in [0.15, 0.2) is 0 Å². The van der Waals surface area contributed by atoms with Crippen molar-refractivity contribution >= 4 is 17.7 Å². The molecule has 0 radical (unpaired) electrons. The van der Waals surface area contributed by atoms with Gasteiger partial charge in [-0.25, -0.2) is 0 Å². The molecule has 19 heavy (non-hydrogen) atoms. The zero-order valence-corrected chi connectivity index (χ0v) is 13.1. The van der Waals surface area contributed by atoms with E-state index in [1.54, 1.807) is 0 Å². The van der Waals surface area contributed by atoms with Gasteiger partial charge in [-0.3, -0.25) is 9.69 Å². The number of carbonyl (C=O) groups is 1. The monoisotopic (exact) mass is 285 g/mol. The van der Waals surface area contributed by atoms with Gasteiger partial charge in [0.1, 0.15) is 0 Å². The molecule has 0 N–H and O–H groups in total. The van der Waals surface area contributed by atoms with E-state index in [1.807, 2.05) is 18.7 Å². The summed E-state index contributed by atoms with van der Waals surface area (Å²) in [6.45, 7) is 6.99. The Morgan fingerprint density at radius 1 is 1.32 bits per heavy atom. The minimum Gasteiger partial charge on any atom is -0.466 e. The van der Waals surface area contributed by atoms with Crippen LogP contribution in [0.3, 0.4) is 0 Å². The minimum atomic E-state index is -0.0125. The lowest BCUT2D eigenvalue weighted by molar-refractivity contribution is -0.146. The summed E-state index contributed by atoms with van der Waals surface area (Å²) < 4.78 is 5.21. The number of thioether (sulfide) groups is 1. The van der Waals surface area contributed by atoms with E-state index in [9.17, 15) is 4.79 Å². The molecule has 0 bridgehead atoms. The second-order valence-corrected chi connectivity index (χ2v) is 7.36. The first-order valence-corrected chi connectivity index (χ1v) is 8.73. The first kappa shape index (κ1) is 15.2. The molecule has 0 aromatic carbocycles. The molecular formula is C15H27NO2S. The highest BCUT2D eigenvalue weighted by Crippen LogP contribution is 2.42. The zero-order valence-electron chi connectivity index (χ0n) is 12.3. The topological polar surface area (TPSA) is 29.5 Å². The highest BCUT2D eigenvalue weighted by molar-refractivity contribution is 8.00. The average molecular weight is 285 g/mol. The summed E-state index contributed by atoms with van der Waals surface area (Å²) in [5.74, 6) is 1.08. The number of hydrogen-bond acceptors (Lipinski definition) is 4. The van der Waals surface area contributed by atoms with E-state index >= 15 is 0 Å². The highest BCUT2D eigenvalue weighted by Gasteiger charge is 2.44. The molecule has 0 saturated carbocycles. The molecule has 4 heteroatoms. The van der Waals surface area contributed by atoms with Gasteiger partial charge in [-0.2, -0.15) is 11.8 Å². The number of carbonyl (C=O) groups excluding carboxylic acids is 1. The van der Waals surface area contributed by atoms with Crippen molar-refractivity contribution in [2.75, 3.05) is 25.4 Å². The Morgan fingerprint density at radius 3 is 2.53 bits per heavy atom. The van der Waals surface area contributed by atoms with Gasteiger partial charge in [-0.15, -0.1) is 0 Å². The first-order chi connectivity index (χ1) is 9.16. The van der Waals surface area contributed by atoms with Crippen molar-refractivity contribution in [3.05, 3.63) is 0 Å². The van der Waals surface area contributed by atoms with Gasteiger partial charge in [-0.05, 0) is 39.3 Å². The maximum absolute atomic E-state index is 12.0. The van der Waals surface area contributed by atoms with Crippen LogP contribution in [-0.2, 0) is 9.53 Å². The van der Waals surface area contributed by atoms with Crippen LogP contribution in [-0.4, -0.2) is 47.1 Å². The lowest BCUT2D eigenvalue weighted by Crippen LogP contribution is -2.51. The van der Waals surface area contributed by atoms with Gasteiger partial charge in [0.05, 0.1) is 13.0 Å². The molecule has 110 valence electrons. The van der Waals surface area contributed by atoms with Crippen LogP contribution < -0.4 is 0 Å². The SMILES string of the molecule is CCOC(=O)CC1(N2CCCCCC2)CSC(C)C1. The Bertz CT molecular complexity index is 303. The van der Waals surface area contributed by atoms with E-state index in [4.69, 9.17) is 4.74 Å². The van der Waals surface area contributed by atoms with Crippen molar-refractivity contribution in [2.45, 2.75) is 63.2 Å². The molecule has 0 aromatic rings. The zero-order chi connectivity index (χ0) is 13.7. The lowest BCUT2D eigenvalue weighted by Gasteiger charge is -2.40.